The van der Waals surface area contributed by atoms with Gasteiger partial charge in [-0.1, -0.05) is 19.6 Å². The third-order valence-corrected chi connectivity index (χ3v) is 8.68. The van der Waals surface area contributed by atoms with Crippen LogP contribution in [0, 0.1) is 0 Å². The standard InChI is InChI=1S/C11H21FSi/c1-13(2,3)11-7-4-10(12,5-8-11)6-9-11/h4-9H2,1-3H3. The number of fused-ring (bicyclic) bond motifs is 3. The fourth-order valence-electron chi connectivity index (χ4n) is 3.26. The topological polar surface area (TPSA) is 0 Å². The van der Waals surface area contributed by atoms with Crippen molar-refractivity contribution in [1.82, 2.24) is 0 Å². The molecular weight excluding hydrogens is 179 g/mol. The van der Waals surface area contributed by atoms with Gasteiger partial charge in [0, 0.05) is 0 Å². The molecule has 3 aliphatic rings. The van der Waals surface area contributed by atoms with Crippen molar-refractivity contribution in [3.63, 3.8) is 0 Å². The fourth-order valence-corrected chi connectivity index (χ4v) is 5.89. The Hall–Kier alpha value is 0.147. The molecule has 0 heterocycles. The van der Waals surface area contributed by atoms with Crippen LogP contribution in [0.25, 0.3) is 0 Å². The van der Waals surface area contributed by atoms with Crippen LogP contribution in [0.3, 0.4) is 0 Å². The summed E-state index contributed by atoms with van der Waals surface area (Å²) in [6.07, 6.45) is 6.11. The summed E-state index contributed by atoms with van der Waals surface area (Å²) in [7, 11) is -1.07. The summed E-state index contributed by atoms with van der Waals surface area (Å²) in [6, 6.07) is 0. The van der Waals surface area contributed by atoms with Crippen LogP contribution in [0.4, 0.5) is 4.39 Å². The van der Waals surface area contributed by atoms with Gasteiger partial charge in [-0.2, -0.15) is 0 Å². The fraction of sp³-hybridized carbons (Fsp3) is 1.00. The molecular formula is C11H21FSi. The Morgan fingerprint density at radius 2 is 1.23 bits per heavy atom. The minimum Gasteiger partial charge on any atom is -0.244 e. The van der Waals surface area contributed by atoms with E-state index in [2.05, 4.69) is 19.6 Å². The van der Waals surface area contributed by atoms with Gasteiger partial charge in [-0.15, -0.1) is 0 Å². The normalized spacial score (nSPS) is 45.2. The van der Waals surface area contributed by atoms with Crippen LogP contribution >= 0.6 is 0 Å². The van der Waals surface area contributed by atoms with Gasteiger partial charge in [0.05, 0.1) is 8.07 Å². The van der Waals surface area contributed by atoms with E-state index in [0.29, 0.717) is 5.04 Å². The van der Waals surface area contributed by atoms with Gasteiger partial charge >= 0.3 is 0 Å². The third kappa shape index (κ3) is 1.38. The van der Waals surface area contributed by atoms with Crippen molar-refractivity contribution in [3.05, 3.63) is 0 Å². The average molecular weight is 200 g/mol. The molecule has 0 aromatic rings. The van der Waals surface area contributed by atoms with Crippen LogP contribution in [-0.4, -0.2) is 13.7 Å². The van der Waals surface area contributed by atoms with Gasteiger partial charge < -0.3 is 0 Å². The van der Waals surface area contributed by atoms with Crippen LogP contribution in [0.2, 0.25) is 24.7 Å². The van der Waals surface area contributed by atoms with Crippen LogP contribution in [0.5, 0.6) is 0 Å². The van der Waals surface area contributed by atoms with Gasteiger partial charge in [0.2, 0.25) is 0 Å². The molecule has 3 rings (SSSR count). The van der Waals surface area contributed by atoms with Gasteiger partial charge in [0.25, 0.3) is 0 Å². The summed E-state index contributed by atoms with van der Waals surface area (Å²) < 4.78 is 13.9. The predicted octanol–water partition coefficient (Wildman–Crippen LogP) is 4.14. The highest BCUT2D eigenvalue weighted by atomic mass is 28.3. The predicted molar refractivity (Wildman–Crippen MR) is 57.6 cm³/mol. The molecule has 0 atom stereocenters. The Balaban J connectivity index is 2.20. The van der Waals surface area contributed by atoms with Crippen molar-refractivity contribution in [3.8, 4) is 0 Å². The zero-order chi connectivity index (χ0) is 9.74. The molecule has 3 fully saturated rings. The Morgan fingerprint density at radius 3 is 1.54 bits per heavy atom. The molecule has 2 heteroatoms. The smallest absolute Gasteiger partial charge is 0.111 e. The van der Waals surface area contributed by atoms with Crippen molar-refractivity contribution < 1.29 is 4.39 Å². The summed E-state index contributed by atoms with van der Waals surface area (Å²) in [5, 5.41) is 0.598. The van der Waals surface area contributed by atoms with Gasteiger partial charge in [0.15, 0.2) is 0 Å². The Kier molecular flexibility index (Phi) is 1.93. The number of halogens is 1. The maximum atomic E-state index is 13.9. The lowest BCUT2D eigenvalue weighted by molar-refractivity contribution is 0.0258. The van der Waals surface area contributed by atoms with E-state index in [9.17, 15) is 4.39 Å². The van der Waals surface area contributed by atoms with E-state index in [1.807, 2.05) is 0 Å². The molecule has 0 spiro atoms. The second-order valence-corrected chi connectivity index (χ2v) is 11.7. The third-order valence-electron chi connectivity index (χ3n) is 4.75. The van der Waals surface area contributed by atoms with Crippen LogP contribution < -0.4 is 0 Å². The maximum Gasteiger partial charge on any atom is 0.111 e. The quantitative estimate of drug-likeness (QED) is 0.558. The van der Waals surface area contributed by atoms with Gasteiger partial charge in [0.1, 0.15) is 5.67 Å². The minimum atomic E-state index is -1.07. The van der Waals surface area contributed by atoms with Gasteiger partial charge in [-0.05, 0) is 43.6 Å². The van der Waals surface area contributed by atoms with E-state index >= 15 is 0 Å². The average Bonchev–Trinajstić information content (AvgIpc) is 2.04. The SMILES string of the molecule is C[Si](C)(C)C12CCC(F)(CC1)CC2. The van der Waals surface area contributed by atoms with E-state index < -0.39 is 13.7 Å². The summed E-state index contributed by atoms with van der Waals surface area (Å²) in [5.41, 5.74) is -0.749. The van der Waals surface area contributed by atoms with Crippen molar-refractivity contribution in [2.45, 2.75) is 68.9 Å². The number of alkyl halides is 1. The summed E-state index contributed by atoms with van der Waals surface area (Å²) in [5.74, 6) is 0. The summed E-state index contributed by atoms with van der Waals surface area (Å²) >= 11 is 0. The molecule has 0 aromatic heterocycles. The molecule has 0 radical (unpaired) electrons. The Labute approximate surface area is 81.9 Å². The largest absolute Gasteiger partial charge is 0.244 e. The lowest BCUT2D eigenvalue weighted by atomic mass is 9.68. The highest BCUT2D eigenvalue weighted by Gasteiger charge is 2.54. The lowest BCUT2D eigenvalue weighted by Crippen LogP contribution is -2.50. The second-order valence-electron chi connectivity index (χ2n) is 6.18. The van der Waals surface area contributed by atoms with E-state index in [4.69, 9.17) is 0 Å². The molecule has 0 N–H and O–H groups in total. The monoisotopic (exact) mass is 200 g/mol. The van der Waals surface area contributed by atoms with Crippen LogP contribution in [-0.2, 0) is 0 Å². The lowest BCUT2D eigenvalue weighted by Gasteiger charge is -2.55. The number of hydrogen-bond acceptors (Lipinski definition) is 0. The summed E-state index contributed by atoms with van der Waals surface area (Å²) in [6.45, 7) is 7.39. The molecule has 0 saturated heterocycles. The van der Waals surface area contributed by atoms with E-state index in [1.54, 1.807) is 0 Å². The molecule has 0 aromatic carbocycles. The number of hydrogen-bond donors (Lipinski definition) is 0. The highest BCUT2D eigenvalue weighted by Crippen LogP contribution is 2.62. The number of rotatable bonds is 1. The minimum absolute atomic E-state index is 0.598. The maximum absolute atomic E-state index is 13.9. The first-order valence-electron chi connectivity index (χ1n) is 5.56. The van der Waals surface area contributed by atoms with Gasteiger partial charge in [-0.3, -0.25) is 0 Å². The van der Waals surface area contributed by atoms with Crippen molar-refractivity contribution in [2.75, 3.05) is 0 Å². The molecule has 2 bridgehead atoms. The van der Waals surface area contributed by atoms with E-state index in [1.165, 1.54) is 19.3 Å². The van der Waals surface area contributed by atoms with Crippen LogP contribution in [0.1, 0.15) is 38.5 Å². The van der Waals surface area contributed by atoms with Crippen molar-refractivity contribution in [2.24, 2.45) is 0 Å². The molecule has 0 nitrogen and oxygen atoms in total. The molecule has 0 amide bonds. The first-order valence-corrected chi connectivity index (χ1v) is 9.06. The van der Waals surface area contributed by atoms with Crippen LogP contribution in [0.15, 0.2) is 0 Å². The van der Waals surface area contributed by atoms with Gasteiger partial charge in [-0.25, -0.2) is 4.39 Å². The first-order chi connectivity index (χ1) is 5.87. The van der Waals surface area contributed by atoms with E-state index in [0.717, 1.165) is 19.3 Å². The zero-order valence-corrected chi connectivity index (χ0v) is 10.1. The molecule has 3 saturated carbocycles. The van der Waals surface area contributed by atoms with Crippen molar-refractivity contribution in [1.29, 1.82) is 0 Å². The molecule has 13 heavy (non-hydrogen) atoms. The highest BCUT2D eigenvalue weighted by molar-refractivity contribution is 6.79. The molecule has 0 unspecified atom stereocenters. The zero-order valence-electron chi connectivity index (χ0n) is 9.12. The van der Waals surface area contributed by atoms with Crippen molar-refractivity contribution >= 4 is 8.07 Å². The molecule has 0 aliphatic heterocycles. The Bertz CT molecular complexity index is 192. The van der Waals surface area contributed by atoms with E-state index in [-0.39, 0.29) is 0 Å². The molecule has 76 valence electrons. The summed E-state index contributed by atoms with van der Waals surface area (Å²) in [4.78, 5) is 0. The molecule has 3 aliphatic carbocycles. The second kappa shape index (κ2) is 2.59. The first kappa shape index (κ1) is 9.69. The Morgan fingerprint density at radius 1 is 0.846 bits per heavy atom.